The highest BCUT2D eigenvalue weighted by atomic mass is 32.2. The fourth-order valence-corrected chi connectivity index (χ4v) is 1.56. The van der Waals surface area contributed by atoms with Gasteiger partial charge in [0.2, 0.25) is 5.65 Å². The number of nitrogen functional groups attached to an aromatic ring is 1. The molecule has 10 heteroatoms. The van der Waals surface area contributed by atoms with Crippen LogP contribution in [0.25, 0.3) is 16.7 Å². The zero-order valence-corrected chi connectivity index (χ0v) is 11.0. The van der Waals surface area contributed by atoms with Gasteiger partial charge in [-0.3, -0.25) is 8.95 Å². The molecule has 0 radical (unpaired) electrons. The molecule has 0 spiro atoms. The van der Waals surface area contributed by atoms with Crippen LogP contribution in [-0.4, -0.2) is 38.8 Å². The van der Waals surface area contributed by atoms with E-state index in [4.69, 9.17) is 10.3 Å². The number of nitrogens with zero attached hydrogens (tertiary/aromatic N) is 4. The summed E-state index contributed by atoms with van der Waals surface area (Å²) in [5, 5.41) is 7.56. The number of hydrogen-bond donors (Lipinski definition) is 2. The lowest BCUT2D eigenvalue weighted by Gasteiger charge is -2.02. The lowest BCUT2D eigenvalue weighted by molar-refractivity contribution is 0.490. The van der Waals surface area contributed by atoms with Crippen molar-refractivity contribution in [1.29, 1.82) is 0 Å². The summed E-state index contributed by atoms with van der Waals surface area (Å²) >= 11 is 0. The molecule has 0 amide bonds. The van der Waals surface area contributed by atoms with Crippen molar-refractivity contribution in [2.24, 2.45) is 0 Å². The molecule has 1 aromatic carbocycles. The van der Waals surface area contributed by atoms with E-state index in [1.807, 2.05) is 0 Å². The Bertz CT molecular complexity index is 869. The predicted molar refractivity (Wildman–Crippen MR) is 70.1 cm³/mol. The van der Waals surface area contributed by atoms with Crippen LogP contribution in [0.1, 0.15) is 0 Å². The van der Waals surface area contributed by atoms with E-state index < -0.39 is 10.1 Å². The number of benzene rings is 1. The van der Waals surface area contributed by atoms with Crippen LogP contribution in [-0.2, 0) is 10.1 Å². The molecule has 3 aromatic rings. The van der Waals surface area contributed by atoms with E-state index >= 15 is 0 Å². The molecule has 3 rings (SSSR count). The quantitative estimate of drug-likeness (QED) is 0.579. The van der Waals surface area contributed by atoms with Crippen molar-refractivity contribution in [2.45, 2.75) is 0 Å². The van der Waals surface area contributed by atoms with E-state index in [2.05, 4.69) is 15.2 Å². The van der Waals surface area contributed by atoms with Crippen molar-refractivity contribution >= 4 is 32.6 Å². The molecule has 3 N–H and O–H groups in total. The Morgan fingerprint density at radius 3 is 2.70 bits per heavy atom. The molecular formula is C10H10FN5O3S. The third-order valence-electron chi connectivity index (χ3n) is 2.21. The molecule has 0 aliphatic heterocycles. The maximum atomic E-state index is 13.0. The topological polar surface area (TPSA) is 123 Å². The zero-order valence-electron chi connectivity index (χ0n) is 10.2. The van der Waals surface area contributed by atoms with E-state index in [0.29, 0.717) is 17.4 Å². The Morgan fingerprint density at radius 1 is 1.40 bits per heavy atom. The maximum Gasteiger partial charge on any atom is 0.261 e. The maximum absolute atomic E-state index is 13.0. The Morgan fingerprint density at radius 2 is 2.05 bits per heavy atom. The van der Waals surface area contributed by atoms with Gasteiger partial charge < -0.3 is 5.73 Å². The highest BCUT2D eigenvalue weighted by Crippen LogP contribution is 2.18. The highest BCUT2D eigenvalue weighted by molar-refractivity contribution is 7.85. The Balaban J connectivity index is 0.000000257. The minimum atomic E-state index is -3.67. The van der Waals surface area contributed by atoms with Crippen molar-refractivity contribution in [2.75, 3.05) is 12.0 Å². The van der Waals surface area contributed by atoms with Crippen molar-refractivity contribution in [3.63, 3.8) is 0 Å². The molecule has 0 aliphatic carbocycles. The minimum Gasteiger partial charge on any atom is -0.381 e. The first-order chi connectivity index (χ1) is 9.25. The summed E-state index contributed by atoms with van der Waals surface area (Å²) in [6, 6.07) is 4.30. The van der Waals surface area contributed by atoms with E-state index in [-0.39, 0.29) is 11.6 Å². The molecule has 0 aliphatic rings. The second-order valence-electron chi connectivity index (χ2n) is 3.89. The lowest BCUT2D eigenvalue weighted by atomic mass is 10.3. The Labute approximate surface area is 112 Å². The zero-order chi connectivity index (χ0) is 14.9. The average Bonchev–Trinajstić information content (AvgIpc) is 2.75. The number of fused-ring (bicyclic) bond motifs is 3. The van der Waals surface area contributed by atoms with E-state index in [9.17, 15) is 12.8 Å². The second-order valence-corrected chi connectivity index (χ2v) is 5.35. The lowest BCUT2D eigenvalue weighted by Crippen LogP contribution is -1.98. The summed E-state index contributed by atoms with van der Waals surface area (Å²) in [5.41, 5.74) is 7.35. The monoisotopic (exact) mass is 299 g/mol. The number of nitrogens with two attached hydrogens (primary N) is 1. The average molecular weight is 299 g/mol. The number of aromatic nitrogens is 4. The molecule has 0 saturated heterocycles. The first kappa shape index (κ1) is 14.1. The third-order valence-corrected chi connectivity index (χ3v) is 2.21. The van der Waals surface area contributed by atoms with Gasteiger partial charge in [0.05, 0.1) is 17.3 Å². The minimum absolute atomic E-state index is 0.241. The predicted octanol–water partition coefficient (Wildman–Crippen LogP) is 0.503. The second kappa shape index (κ2) is 4.98. The number of anilines is 1. The van der Waals surface area contributed by atoms with Crippen LogP contribution < -0.4 is 5.73 Å². The van der Waals surface area contributed by atoms with Crippen LogP contribution in [0.4, 0.5) is 10.2 Å². The molecule has 2 heterocycles. The smallest absolute Gasteiger partial charge is 0.261 e. The van der Waals surface area contributed by atoms with Gasteiger partial charge in [0, 0.05) is 6.07 Å². The standard InChI is InChI=1S/C9H6FN5.CH4O3S/c10-5-1-2-7-6(3-5)13-8(11)9-14-12-4-15(7)9;1-5(2,3)4/h1-4H,(H2,11,13);1H3,(H,2,3,4). The summed E-state index contributed by atoms with van der Waals surface area (Å²) in [6.45, 7) is 0. The largest absolute Gasteiger partial charge is 0.381 e. The molecule has 20 heavy (non-hydrogen) atoms. The van der Waals surface area contributed by atoms with Gasteiger partial charge in [-0.15, -0.1) is 10.2 Å². The van der Waals surface area contributed by atoms with E-state index in [1.54, 1.807) is 10.5 Å². The van der Waals surface area contributed by atoms with Crippen LogP contribution >= 0.6 is 0 Å². The SMILES string of the molecule is CS(=O)(=O)O.Nc1nc2cc(F)ccc2n2cnnc12. The van der Waals surface area contributed by atoms with Crippen molar-refractivity contribution in [1.82, 2.24) is 19.6 Å². The Kier molecular flexibility index (Phi) is 3.51. The van der Waals surface area contributed by atoms with Crippen molar-refractivity contribution in [3.05, 3.63) is 30.3 Å². The van der Waals surface area contributed by atoms with Gasteiger partial charge in [0.25, 0.3) is 10.1 Å². The molecule has 2 aromatic heterocycles. The molecule has 0 bridgehead atoms. The molecule has 0 atom stereocenters. The summed E-state index contributed by atoms with van der Waals surface area (Å²) in [7, 11) is -3.67. The number of hydrogen-bond acceptors (Lipinski definition) is 6. The molecule has 0 fully saturated rings. The molecular weight excluding hydrogens is 289 g/mol. The summed E-state index contributed by atoms with van der Waals surface area (Å²) in [4.78, 5) is 4.05. The fourth-order valence-electron chi connectivity index (χ4n) is 1.56. The van der Waals surface area contributed by atoms with Crippen LogP contribution in [0, 0.1) is 5.82 Å². The molecule has 106 valence electrons. The normalized spacial score (nSPS) is 11.3. The number of rotatable bonds is 0. The van der Waals surface area contributed by atoms with Crippen LogP contribution in [0.2, 0.25) is 0 Å². The van der Waals surface area contributed by atoms with Gasteiger partial charge >= 0.3 is 0 Å². The van der Waals surface area contributed by atoms with Gasteiger partial charge in [0.1, 0.15) is 12.1 Å². The summed E-state index contributed by atoms with van der Waals surface area (Å²) in [5.74, 6) is -0.104. The van der Waals surface area contributed by atoms with Crippen molar-refractivity contribution < 1.29 is 17.4 Å². The number of halogens is 1. The summed E-state index contributed by atoms with van der Waals surface area (Å²) < 4.78 is 40.5. The molecule has 0 unspecified atom stereocenters. The third kappa shape index (κ3) is 3.16. The van der Waals surface area contributed by atoms with Gasteiger partial charge in [0.15, 0.2) is 5.82 Å². The van der Waals surface area contributed by atoms with Gasteiger partial charge in [-0.2, -0.15) is 8.42 Å². The van der Waals surface area contributed by atoms with Gasteiger partial charge in [-0.25, -0.2) is 9.37 Å². The first-order valence-corrected chi connectivity index (χ1v) is 7.07. The first-order valence-electron chi connectivity index (χ1n) is 5.22. The van der Waals surface area contributed by atoms with Crippen molar-refractivity contribution in [3.8, 4) is 0 Å². The van der Waals surface area contributed by atoms with Crippen LogP contribution in [0.5, 0.6) is 0 Å². The van der Waals surface area contributed by atoms with Gasteiger partial charge in [-0.1, -0.05) is 0 Å². The highest BCUT2D eigenvalue weighted by Gasteiger charge is 2.07. The fraction of sp³-hybridized carbons (Fsp3) is 0.100. The van der Waals surface area contributed by atoms with E-state index in [1.165, 1.54) is 18.5 Å². The summed E-state index contributed by atoms with van der Waals surface area (Å²) in [6.07, 6.45) is 2.24. The Hall–Kier alpha value is -2.33. The van der Waals surface area contributed by atoms with E-state index in [0.717, 1.165) is 5.52 Å². The van der Waals surface area contributed by atoms with Gasteiger partial charge in [-0.05, 0) is 12.1 Å². The molecule has 8 nitrogen and oxygen atoms in total. The van der Waals surface area contributed by atoms with Crippen LogP contribution in [0.3, 0.4) is 0 Å². The van der Waals surface area contributed by atoms with Crippen LogP contribution in [0.15, 0.2) is 24.5 Å². The molecule has 0 saturated carbocycles.